The summed E-state index contributed by atoms with van der Waals surface area (Å²) in [6.07, 6.45) is 5.30. The Morgan fingerprint density at radius 2 is 1.94 bits per heavy atom. The lowest BCUT2D eigenvalue weighted by molar-refractivity contribution is 0.614. The highest BCUT2D eigenvalue weighted by Crippen LogP contribution is 2.36. The summed E-state index contributed by atoms with van der Waals surface area (Å²) in [5, 5.41) is 0. The van der Waals surface area contributed by atoms with E-state index in [0.717, 1.165) is 43.6 Å². The number of nitrogens with two attached hydrogens (primary N) is 1. The Kier molecular flexibility index (Phi) is 2.58. The zero-order chi connectivity index (χ0) is 11.9. The number of benzene rings is 1. The quantitative estimate of drug-likeness (QED) is 0.870. The average Bonchev–Trinajstić information content (AvgIpc) is 2.81. The summed E-state index contributed by atoms with van der Waals surface area (Å²) in [5.41, 5.74) is 7.81. The SMILES string of the molecule is NC1(Cc2ccc(N3CCCC3)c(F)c2)CC1. The van der Waals surface area contributed by atoms with Crippen LogP contribution in [0.4, 0.5) is 10.1 Å². The first kappa shape index (κ1) is 11.0. The lowest BCUT2D eigenvalue weighted by Gasteiger charge is -2.19. The summed E-state index contributed by atoms with van der Waals surface area (Å²) in [5.74, 6) is -0.0892. The van der Waals surface area contributed by atoms with Crippen molar-refractivity contribution in [1.29, 1.82) is 0 Å². The van der Waals surface area contributed by atoms with Crippen molar-refractivity contribution < 1.29 is 4.39 Å². The monoisotopic (exact) mass is 234 g/mol. The Hall–Kier alpha value is -1.09. The van der Waals surface area contributed by atoms with Gasteiger partial charge in [0.25, 0.3) is 0 Å². The van der Waals surface area contributed by atoms with Crippen molar-refractivity contribution in [1.82, 2.24) is 0 Å². The van der Waals surface area contributed by atoms with E-state index in [-0.39, 0.29) is 11.4 Å². The fourth-order valence-electron chi connectivity index (χ4n) is 2.62. The predicted molar refractivity (Wildman–Crippen MR) is 67.7 cm³/mol. The van der Waals surface area contributed by atoms with Crippen LogP contribution in [0.15, 0.2) is 18.2 Å². The van der Waals surface area contributed by atoms with E-state index < -0.39 is 0 Å². The second kappa shape index (κ2) is 3.98. The van der Waals surface area contributed by atoms with Crippen LogP contribution in [0.3, 0.4) is 0 Å². The first-order valence-corrected chi connectivity index (χ1v) is 6.49. The van der Waals surface area contributed by atoms with Gasteiger partial charge in [0.05, 0.1) is 5.69 Å². The van der Waals surface area contributed by atoms with E-state index in [9.17, 15) is 4.39 Å². The second-order valence-corrected chi connectivity index (χ2v) is 5.52. The minimum Gasteiger partial charge on any atom is -0.369 e. The molecule has 1 heterocycles. The maximum Gasteiger partial charge on any atom is 0.146 e. The van der Waals surface area contributed by atoms with Gasteiger partial charge in [0.15, 0.2) is 0 Å². The van der Waals surface area contributed by atoms with E-state index in [1.54, 1.807) is 6.07 Å². The molecule has 0 radical (unpaired) electrons. The van der Waals surface area contributed by atoms with Crippen molar-refractivity contribution in [3.05, 3.63) is 29.6 Å². The highest BCUT2D eigenvalue weighted by atomic mass is 19.1. The lowest BCUT2D eigenvalue weighted by atomic mass is 10.0. The Bertz CT molecular complexity index is 420. The summed E-state index contributed by atoms with van der Waals surface area (Å²) in [6, 6.07) is 5.62. The molecule has 1 aromatic rings. The van der Waals surface area contributed by atoms with Gasteiger partial charge in [-0.2, -0.15) is 0 Å². The Morgan fingerprint density at radius 3 is 2.53 bits per heavy atom. The normalized spacial score (nSPS) is 21.9. The van der Waals surface area contributed by atoms with Gasteiger partial charge in [-0.15, -0.1) is 0 Å². The molecule has 2 nitrogen and oxygen atoms in total. The molecule has 1 saturated carbocycles. The molecule has 2 aliphatic rings. The Morgan fingerprint density at radius 1 is 1.24 bits per heavy atom. The number of hydrogen-bond acceptors (Lipinski definition) is 2. The van der Waals surface area contributed by atoms with Gasteiger partial charge in [-0.25, -0.2) is 4.39 Å². The van der Waals surface area contributed by atoms with Crippen LogP contribution < -0.4 is 10.6 Å². The van der Waals surface area contributed by atoms with Crippen molar-refractivity contribution >= 4 is 5.69 Å². The first-order chi connectivity index (χ1) is 8.16. The third kappa shape index (κ3) is 2.29. The third-order valence-electron chi connectivity index (χ3n) is 3.91. The number of rotatable bonds is 3. The molecule has 3 heteroatoms. The largest absolute Gasteiger partial charge is 0.369 e. The highest BCUT2D eigenvalue weighted by molar-refractivity contribution is 5.50. The van der Waals surface area contributed by atoms with Crippen LogP contribution in [-0.4, -0.2) is 18.6 Å². The minimum absolute atomic E-state index is 0.0401. The van der Waals surface area contributed by atoms with Crippen LogP contribution in [0.25, 0.3) is 0 Å². The van der Waals surface area contributed by atoms with E-state index in [0.29, 0.717) is 0 Å². The van der Waals surface area contributed by atoms with Gasteiger partial charge in [0, 0.05) is 18.6 Å². The van der Waals surface area contributed by atoms with E-state index in [4.69, 9.17) is 5.73 Å². The van der Waals surface area contributed by atoms with Crippen molar-refractivity contribution in [2.24, 2.45) is 5.73 Å². The van der Waals surface area contributed by atoms with Gasteiger partial charge < -0.3 is 10.6 Å². The lowest BCUT2D eigenvalue weighted by Crippen LogP contribution is -2.24. The Labute approximate surface area is 102 Å². The van der Waals surface area contributed by atoms with Crippen molar-refractivity contribution in [3.8, 4) is 0 Å². The molecule has 0 aromatic heterocycles. The van der Waals surface area contributed by atoms with E-state index in [1.165, 1.54) is 12.8 Å². The fraction of sp³-hybridized carbons (Fsp3) is 0.571. The molecule has 1 aromatic carbocycles. The van der Waals surface area contributed by atoms with Crippen LogP contribution in [0.2, 0.25) is 0 Å². The molecule has 0 bridgehead atoms. The van der Waals surface area contributed by atoms with Crippen LogP contribution in [0, 0.1) is 5.82 Å². The number of hydrogen-bond donors (Lipinski definition) is 1. The summed E-state index contributed by atoms with van der Waals surface area (Å²) in [6.45, 7) is 1.97. The highest BCUT2D eigenvalue weighted by Gasteiger charge is 2.38. The topological polar surface area (TPSA) is 29.3 Å². The molecule has 2 fully saturated rings. The smallest absolute Gasteiger partial charge is 0.146 e. The molecular weight excluding hydrogens is 215 g/mol. The van der Waals surface area contributed by atoms with Gasteiger partial charge in [-0.05, 0) is 49.8 Å². The molecule has 0 spiro atoms. The van der Waals surface area contributed by atoms with Crippen LogP contribution in [-0.2, 0) is 6.42 Å². The molecule has 17 heavy (non-hydrogen) atoms. The molecule has 1 aliphatic carbocycles. The van der Waals surface area contributed by atoms with Gasteiger partial charge in [-0.1, -0.05) is 6.07 Å². The van der Waals surface area contributed by atoms with Gasteiger partial charge >= 0.3 is 0 Å². The zero-order valence-electron chi connectivity index (χ0n) is 10.1. The molecule has 1 aliphatic heterocycles. The third-order valence-corrected chi connectivity index (χ3v) is 3.91. The first-order valence-electron chi connectivity index (χ1n) is 6.49. The van der Waals surface area contributed by atoms with Crippen molar-refractivity contribution in [2.45, 2.75) is 37.6 Å². The second-order valence-electron chi connectivity index (χ2n) is 5.52. The fourth-order valence-corrected chi connectivity index (χ4v) is 2.62. The van der Waals surface area contributed by atoms with Crippen molar-refractivity contribution in [2.75, 3.05) is 18.0 Å². The zero-order valence-corrected chi connectivity index (χ0v) is 10.1. The molecule has 0 amide bonds. The maximum atomic E-state index is 14.0. The molecular formula is C14H19FN2. The van der Waals surface area contributed by atoms with Crippen LogP contribution in [0.1, 0.15) is 31.2 Å². The average molecular weight is 234 g/mol. The van der Waals surface area contributed by atoms with E-state index >= 15 is 0 Å². The number of halogens is 1. The Balaban J connectivity index is 1.78. The molecule has 3 rings (SSSR count). The predicted octanol–water partition coefficient (Wildman–Crippen LogP) is 2.46. The summed E-state index contributed by atoms with van der Waals surface area (Å²) in [7, 11) is 0. The maximum absolute atomic E-state index is 14.0. The molecule has 0 atom stereocenters. The number of nitrogens with zero attached hydrogens (tertiary/aromatic N) is 1. The van der Waals surface area contributed by atoms with E-state index in [2.05, 4.69) is 4.90 Å². The number of anilines is 1. The van der Waals surface area contributed by atoms with Gasteiger partial charge in [0.2, 0.25) is 0 Å². The van der Waals surface area contributed by atoms with Crippen LogP contribution >= 0.6 is 0 Å². The molecule has 2 N–H and O–H groups in total. The summed E-state index contributed by atoms with van der Waals surface area (Å²) in [4.78, 5) is 2.13. The van der Waals surface area contributed by atoms with Crippen molar-refractivity contribution in [3.63, 3.8) is 0 Å². The minimum atomic E-state index is -0.0892. The van der Waals surface area contributed by atoms with E-state index in [1.807, 2.05) is 12.1 Å². The molecule has 1 saturated heterocycles. The molecule has 0 unspecified atom stereocenters. The van der Waals surface area contributed by atoms with Gasteiger partial charge in [-0.3, -0.25) is 0 Å². The van der Waals surface area contributed by atoms with Crippen LogP contribution in [0.5, 0.6) is 0 Å². The summed E-state index contributed by atoms with van der Waals surface area (Å²) >= 11 is 0. The summed E-state index contributed by atoms with van der Waals surface area (Å²) < 4.78 is 14.0. The molecule has 92 valence electrons. The standard InChI is InChI=1S/C14H19FN2/c15-12-9-11(10-14(16)5-6-14)3-4-13(12)17-7-1-2-8-17/h3-4,9H,1-2,5-8,10,16H2. The van der Waals surface area contributed by atoms with Gasteiger partial charge in [0.1, 0.15) is 5.82 Å².